The number of carbonyl (C=O) groups excluding carboxylic acids is 2. The number of benzene rings is 2. The maximum Gasteiger partial charge on any atom is 0.274 e. The molecule has 1 atom stereocenters. The summed E-state index contributed by atoms with van der Waals surface area (Å²) in [6.45, 7) is 0.483. The van der Waals surface area contributed by atoms with Gasteiger partial charge >= 0.3 is 0 Å². The van der Waals surface area contributed by atoms with E-state index in [1.54, 1.807) is 17.4 Å². The number of ether oxygens (including phenoxy) is 1. The number of aromatic nitrogens is 1. The van der Waals surface area contributed by atoms with E-state index in [-0.39, 0.29) is 23.3 Å². The van der Waals surface area contributed by atoms with Crippen molar-refractivity contribution in [1.82, 2.24) is 9.88 Å². The topological polar surface area (TPSA) is 83.6 Å². The fraction of sp³-hybridized carbons (Fsp3) is 0.227. The van der Waals surface area contributed by atoms with Crippen LogP contribution in [0, 0.1) is 5.82 Å². The molecular formula is C22H21FN4O3S. The Bertz CT molecular complexity index is 1090. The number of hydrogen-bond donors (Lipinski definition) is 2. The molecule has 1 aliphatic heterocycles. The molecule has 160 valence electrons. The molecule has 0 bridgehead atoms. The number of nitrogens with one attached hydrogen (secondary N) is 2. The van der Waals surface area contributed by atoms with Crippen LogP contribution in [0.3, 0.4) is 0 Å². The van der Waals surface area contributed by atoms with Crippen molar-refractivity contribution in [3.8, 4) is 5.75 Å². The van der Waals surface area contributed by atoms with Crippen LogP contribution in [-0.4, -0.2) is 41.4 Å². The molecule has 2 heterocycles. The summed E-state index contributed by atoms with van der Waals surface area (Å²) in [4.78, 5) is 31.7. The van der Waals surface area contributed by atoms with Gasteiger partial charge in [-0.3, -0.25) is 9.59 Å². The predicted molar refractivity (Wildman–Crippen MR) is 117 cm³/mol. The zero-order chi connectivity index (χ0) is 21.8. The van der Waals surface area contributed by atoms with Gasteiger partial charge in [0, 0.05) is 29.4 Å². The molecule has 1 saturated heterocycles. The summed E-state index contributed by atoms with van der Waals surface area (Å²) in [6.07, 6.45) is 1.30. The molecule has 0 radical (unpaired) electrons. The van der Waals surface area contributed by atoms with Crippen molar-refractivity contribution in [2.75, 3.05) is 24.3 Å². The third-order valence-corrected chi connectivity index (χ3v) is 5.73. The molecular weight excluding hydrogens is 419 g/mol. The van der Waals surface area contributed by atoms with E-state index in [0.717, 1.165) is 12.1 Å². The second-order valence-corrected chi connectivity index (χ2v) is 7.91. The molecule has 4 rings (SSSR count). The summed E-state index contributed by atoms with van der Waals surface area (Å²) in [7, 11) is 1.60. The third-order valence-electron chi connectivity index (χ3n) is 4.97. The molecule has 2 aromatic carbocycles. The van der Waals surface area contributed by atoms with Crippen LogP contribution in [0.1, 0.15) is 23.3 Å². The van der Waals surface area contributed by atoms with Gasteiger partial charge in [0.05, 0.1) is 7.11 Å². The Labute approximate surface area is 182 Å². The first-order valence-corrected chi connectivity index (χ1v) is 10.7. The van der Waals surface area contributed by atoms with Gasteiger partial charge in [-0.25, -0.2) is 9.37 Å². The van der Waals surface area contributed by atoms with E-state index in [0.29, 0.717) is 29.5 Å². The highest BCUT2D eigenvalue weighted by Gasteiger charge is 2.35. The number of nitrogens with zero attached hydrogens (tertiary/aromatic N) is 2. The summed E-state index contributed by atoms with van der Waals surface area (Å²) in [6, 6.07) is 12.4. The molecule has 7 nitrogen and oxygen atoms in total. The number of methoxy groups -OCH3 is 1. The molecule has 2 N–H and O–H groups in total. The number of thiazole rings is 1. The van der Waals surface area contributed by atoms with Gasteiger partial charge in [0.1, 0.15) is 23.3 Å². The first-order valence-electron chi connectivity index (χ1n) is 9.77. The minimum Gasteiger partial charge on any atom is -0.497 e. The van der Waals surface area contributed by atoms with Crippen LogP contribution in [0.2, 0.25) is 0 Å². The van der Waals surface area contributed by atoms with E-state index >= 15 is 0 Å². The molecule has 9 heteroatoms. The normalized spacial score (nSPS) is 15.5. The summed E-state index contributed by atoms with van der Waals surface area (Å²) < 4.78 is 18.3. The van der Waals surface area contributed by atoms with Crippen LogP contribution in [0.4, 0.5) is 20.9 Å². The average molecular weight is 441 g/mol. The molecule has 0 aliphatic carbocycles. The molecule has 31 heavy (non-hydrogen) atoms. The molecule has 1 aliphatic rings. The van der Waals surface area contributed by atoms with Crippen molar-refractivity contribution < 1.29 is 18.7 Å². The highest BCUT2D eigenvalue weighted by Crippen LogP contribution is 2.26. The Morgan fingerprint density at radius 3 is 2.77 bits per heavy atom. The second-order valence-electron chi connectivity index (χ2n) is 7.05. The number of halogens is 1. The lowest BCUT2D eigenvalue weighted by atomic mass is 10.2. The first-order chi connectivity index (χ1) is 15.0. The van der Waals surface area contributed by atoms with Gasteiger partial charge in [0.25, 0.3) is 5.91 Å². The van der Waals surface area contributed by atoms with Gasteiger partial charge in [-0.15, -0.1) is 11.3 Å². The van der Waals surface area contributed by atoms with Crippen LogP contribution in [0.25, 0.3) is 0 Å². The van der Waals surface area contributed by atoms with E-state index < -0.39 is 6.04 Å². The van der Waals surface area contributed by atoms with E-state index in [9.17, 15) is 14.0 Å². The van der Waals surface area contributed by atoms with E-state index in [2.05, 4.69) is 15.6 Å². The number of amides is 2. The summed E-state index contributed by atoms with van der Waals surface area (Å²) in [5.74, 6) is -0.239. The molecule has 0 spiro atoms. The van der Waals surface area contributed by atoms with E-state index in [1.807, 2.05) is 24.3 Å². The number of hydrogen-bond acceptors (Lipinski definition) is 6. The van der Waals surface area contributed by atoms with Gasteiger partial charge in [-0.1, -0.05) is 6.07 Å². The lowest BCUT2D eigenvalue weighted by Crippen LogP contribution is -2.43. The highest BCUT2D eigenvalue weighted by molar-refractivity contribution is 7.14. The Hall–Kier alpha value is -3.46. The molecule has 0 saturated carbocycles. The summed E-state index contributed by atoms with van der Waals surface area (Å²) >= 11 is 1.31. The van der Waals surface area contributed by atoms with Crippen LogP contribution in [0.5, 0.6) is 5.75 Å². The van der Waals surface area contributed by atoms with Crippen LogP contribution in [0.15, 0.2) is 53.9 Å². The van der Waals surface area contributed by atoms with Crippen molar-refractivity contribution in [1.29, 1.82) is 0 Å². The summed E-state index contributed by atoms with van der Waals surface area (Å²) in [5, 5.41) is 8.17. The van der Waals surface area contributed by atoms with E-state index in [1.165, 1.54) is 35.6 Å². The van der Waals surface area contributed by atoms with Crippen molar-refractivity contribution >= 4 is 39.7 Å². The fourth-order valence-electron chi connectivity index (χ4n) is 3.44. The van der Waals surface area contributed by atoms with Gasteiger partial charge in [-0.2, -0.15) is 0 Å². The third kappa shape index (κ3) is 4.83. The van der Waals surface area contributed by atoms with E-state index in [4.69, 9.17) is 4.74 Å². The van der Waals surface area contributed by atoms with Crippen molar-refractivity contribution in [3.63, 3.8) is 0 Å². The van der Waals surface area contributed by atoms with Crippen molar-refractivity contribution in [3.05, 3.63) is 65.4 Å². The maximum absolute atomic E-state index is 13.1. The standard InChI is InChI=1S/C22H21FN4O3S/c1-30-17-5-2-4-16(12-17)25-22-26-18(13-31-22)21(29)27-11-3-6-19(27)20(28)24-15-9-7-14(23)8-10-15/h2,4-5,7-10,12-13,19H,3,6,11H2,1H3,(H,24,28)(H,25,26). The van der Waals surface area contributed by atoms with Gasteiger partial charge in [-0.05, 0) is 49.2 Å². The molecule has 1 aromatic heterocycles. The SMILES string of the molecule is COc1cccc(Nc2nc(C(=O)N3CCCC3C(=O)Nc3ccc(F)cc3)cs2)c1. The lowest BCUT2D eigenvalue weighted by Gasteiger charge is -2.23. The Morgan fingerprint density at radius 1 is 1.19 bits per heavy atom. The largest absolute Gasteiger partial charge is 0.497 e. The minimum absolute atomic E-state index is 0.285. The number of likely N-dealkylation sites (tertiary alicyclic amines) is 1. The Balaban J connectivity index is 1.43. The predicted octanol–water partition coefficient (Wildman–Crippen LogP) is 4.28. The Kier molecular flexibility index (Phi) is 6.13. The molecule has 2 amide bonds. The monoisotopic (exact) mass is 440 g/mol. The summed E-state index contributed by atoms with van der Waals surface area (Å²) in [5.41, 5.74) is 1.58. The number of carbonyl (C=O) groups is 2. The Morgan fingerprint density at radius 2 is 2.00 bits per heavy atom. The second kappa shape index (κ2) is 9.13. The maximum atomic E-state index is 13.1. The lowest BCUT2D eigenvalue weighted by molar-refractivity contribution is -0.119. The van der Waals surface area contributed by atoms with Crippen LogP contribution >= 0.6 is 11.3 Å². The quantitative estimate of drug-likeness (QED) is 0.598. The average Bonchev–Trinajstić information content (AvgIpc) is 3.45. The fourth-order valence-corrected chi connectivity index (χ4v) is 4.15. The molecule has 1 fully saturated rings. The van der Waals surface area contributed by atoms with Crippen molar-refractivity contribution in [2.24, 2.45) is 0 Å². The molecule has 3 aromatic rings. The zero-order valence-electron chi connectivity index (χ0n) is 16.8. The zero-order valence-corrected chi connectivity index (χ0v) is 17.6. The highest BCUT2D eigenvalue weighted by atomic mass is 32.1. The van der Waals surface area contributed by atoms with Crippen molar-refractivity contribution in [2.45, 2.75) is 18.9 Å². The smallest absolute Gasteiger partial charge is 0.274 e. The molecule has 1 unspecified atom stereocenters. The number of rotatable bonds is 6. The van der Waals surface area contributed by atoms with Gasteiger partial charge in [0.15, 0.2) is 5.13 Å². The first kappa shape index (κ1) is 20.8. The number of anilines is 3. The van der Waals surface area contributed by atoms with Gasteiger partial charge in [0.2, 0.25) is 5.91 Å². The van der Waals surface area contributed by atoms with Crippen LogP contribution in [-0.2, 0) is 4.79 Å². The van der Waals surface area contributed by atoms with Crippen LogP contribution < -0.4 is 15.4 Å². The minimum atomic E-state index is -0.589. The van der Waals surface area contributed by atoms with Gasteiger partial charge < -0.3 is 20.3 Å².